The van der Waals surface area contributed by atoms with Gasteiger partial charge < -0.3 is 33.9 Å². The Hall–Kier alpha value is -4.07. The molecule has 1 aliphatic carbocycles. The number of aryl methyl sites for hydroxylation is 1. The van der Waals surface area contributed by atoms with Crippen molar-refractivity contribution >= 4 is 5.97 Å². The molecule has 8 heteroatoms. The molecule has 8 nitrogen and oxygen atoms in total. The summed E-state index contributed by atoms with van der Waals surface area (Å²) in [5, 5.41) is 20.4. The van der Waals surface area contributed by atoms with Crippen LogP contribution in [-0.2, 0) is 22.4 Å². The van der Waals surface area contributed by atoms with E-state index in [1.807, 2.05) is 12.1 Å². The third-order valence-corrected chi connectivity index (χ3v) is 6.91. The number of phenolic OH excluding ortho intramolecular Hbond substituents is 2. The number of benzene rings is 3. The van der Waals surface area contributed by atoms with E-state index in [0.717, 1.165) is 33.4 Å². The van der Waals surface area contributed by atoms with Crippen molar-refractivity contribution in [1.82, 2.24) is 0 Å². The highest BCUT2D eigenvalue weighted by molar-refractivity contribution is 5.82. The summed E-state index contributed by atoms with van der Waals surface area (Å²) in [5.41, 5.74) is 5.40. The fourth-order valence-corrected chi connectivity index (χ4v) is 5.33. The molecule has 0 saturated heterocycles. The molecule has 2 aliphatic rings. The highest BCUT2D eigenvalue weighted by atomic mass is 16.6. The Morgan fingerprint density at radius 1 is 0.944 bits per heavy atom. The fourth-order valence-electron chi connectivity index (χ4n) is 5.33. The van der Waals surface area contributed by atoms with E-state index >= 15 is 0 Å². The molecule has 0 spiro atoms. The van der Waals surface area contributed by atoms with Gasteiger partial charge in [0, 0.05) is 24.1 Å². The largest absolute Gasteiger partial charge is 0.508 e. The molecule has 3 aromatic carbocycles. The minimum absolute atomic E-state index is 0.105. The van der Waals surface area contributed by atoms with E-state index in [2.05, 4.69) is 0 Å². The minimum atomic E-state index is -0.650. The number of rotatable bonds is 5. The highest BCUT2D eigenvalue weighted by Gasteiger charge is 2.40. The van der Waals surface area contributed by atoms with Gasteiger partial charge in [-0.05, 0) is 59.4 Å². The van der Waals surface area contributed by atoms with E-state index < -0.39 is 12.1 Å². The first-order valence-corrected chi connectivity index (χ1v) is 11.7. The van der Waals surface area contributed by atoms with Gasteiger partial charge in [0.1, 0.15) is 23.4 Å². The molecule has 1 aliphatic heterocycles. The predicted molar refractivity (Wildman–Crippen MR) is 131 cm³/mol. The molecule has 0 radical (unpaired) electrons. The number of aromatic hydroxyl groups is 2. The first-order valence-electron chi connectivity index (χ1n) is 11.7. The Kier molecular flexibility index (Phi) is 6.04. The van der Waals surface area contributed by atoms with Crippen LogP contribution in [0.4, 0.5) is 0 Å². The van der Waals surface area contributed by atoms with Gasteiger partial charge >= 0.3 is 5.97 Å². The lowest BCUT2D eigenvalue weighted by molar-refractivity contribution is -0.149. The number of carbonyl (C=O) groups excluding carboxylic acids is 1. The van der Waals surface area contributed by atoms with E-state index in [-0.39, 0.29) is 35.5 Å². The van der Waals surface area contributed by atoms with Crippen molar-refractivity contribution in [2.75, 3.05) is 27.9 Å². The molecule has 3 aromatic rings. The van der Waals surface area contributed by atoms with Crippen molar-refractivity contribution < 1.29 is 38.7 Å². The minimum Gasteiger partial charge on any atom is -0.508 e. The summed E-state index contributed by atoms with van der Waals surface area (Å²) in [6, 6.07) is 10.6. The Morgan fingerprint density at radius 3 is 2.28 bits per heavy atom. The standard InChI is InChI=1S/C28H28O8/c1-14(29)36-28-20(16-10-23(33-3)27(31)24(11-16)34-4)13-35-22-12-21(32-2)25-18-8-6-17(30)9-15(18)5-7-19(25)26(22)28/h6,8-12,20,28,30-31H,5,7,13H2,1-4H3/t20-,28+/m1/s1. The number of methoxy groups -OCH3 is 3. The fraction of sp³-hybridized carbons (Fsp3) is 0.321. The number of ether oxygens (including phenoxy) is 5. The smallest absolute Gasteiger partial charge is 0.303 e. The second-order valence-corrected chi connectivity index (χ2v) is 8.91. The molecule has 1 heterocycles. The maximum Gasteiger partial charge on any atom is 0.303 e. The first kappa shape index (κ1) is 23.7. The van der Waals surface area contributed by atoms with Gasteiger partial charge in [-0.25, -0.2) is 0 Å². The molecule has 2 atom stereocenters. The molecule has 0 aromatic heterocycles. The number of esters is 1. The monoisotopic (exact) mass is 492 g/mol. The summed E-state index contributed by atoms with van der Waals surface area (Å²) in [6.07, 6.45) is 0.708. The molecule has 2 N–H and O–H groups in total. The maximum absolute atomic E-state index is 12.3. The van der Waals surface area contributed by atoms with Crippen molar-refractivity contribution in [1.29, 1.82) is 0 Å². The lowest BCUT2D eigenvalue weighted by Crippen LogP contribution is -2.29. The van der Waals surface area contributed by atoms with Crippen molar-refractivity contribution in [2.24, 2.45) is 0 Å². The van der Waals surface area contributed by atoms with E-state index in [4.69, 9.17) is 23.7 Å². The summed E-state index contributed by atoms with van der Waals surface area (Å²) in [6.45, 7) is 1.62. The number of fused-ring (bicyclic) bond motifs is 5. The van der Waals surface area contributed by atoms with E-state index in [9.17, 15) is 15.0 Å². The predicted octanol–water partition coefficient (Wildman–Crippen LogP) is 4.67. The Balaban J connectivity index is 1.72. The average molecular weight is 493 g/mol. The van der Waals surface area contributed by atoms with Gasteiger partial charge in [0.25, 0.3) is 0 Å². The van der Waals surface area contributed by atoms with Crippen molar-refractivity contribution in [3.05, 3.63) is 58.7 Å². The molecule has 0 fully saturated rings. The number of hydrogen-bond donors (Lipinski definition) is 2. The van der Waals surface area contributed by atoms with Crippen LogP contribution in [0.3, 0.4) is 0 Å². The SMILES string of the molecule is COc1cc([C@H]2COc3cc(OC)c4c(c3[C@H]2OC(C)=O)CCc2cc(O)ccc2-4)cc(OC)c1O. The first-order chi connectivity index (χ1) is 17.4. The normalized spacial score (nSPS) is 17.7. The second-order valence-electron chi connectivity index (χ2n) is 8.91. The molecule has 0 unspecified atom stereocenters. The average Bonchev–Trinajstić information content (AvgIpc) is 2.87. The molecule has 0 saturated carbocycles. The van der Waals surface area contributed by atoms with E-state index in [1.54, 1.807) is 31.4 Å². The third-order valence-electron chi connectivity index (χ3n) is 6.91. The van der Waals surface area contributed by atoms with Gasteiger partial charge in [-0.2, -0.15) is 0 Å². The van der Waals surface area contributed by atoms with Gasteiger partial charge in [-0.1, -0.05) is 6.07 Å². The topological polar surface area (TPSA) is 104 Å². The van der Waals surface area contributed by atoms with Crippen LogP contribution in [-0.4, -0.2) is 44.1 Å². The summed E-state index contributed by atoms with van der Waals surface area (Å²) < 4.78 is 28.7. The zero-order valence-electron chi connectivity index (χ0n) is 20.6. The molecule has 36 heavy (non-hydrogen) atoms. The van der Waals surface area contributed by atoms with Crippen LogP contribution < -0.4 is 18.9 Å². The van der Waals surface area contributed by atoms with Crippen molar-refractivity contribution in [3.63, 3.8) is 0 Å². The zero-order chi connectivity index (χ0) is 25.6. The summed E-state index contributed by atoms with van der Waals surface area (Å²) in [4.78, 5) is 12.3. The highest BCUT2D eigenvalue weighted by Crippen LogP contribution is 2.53. The van der Waals surface area contributed by atoms with Crippen LogP contribution in [0.15, 0.2) is 36.4 Å². The van der Waals surface area contributed by atoms with Gasteiger partial charge in [0.15, 0.2) is 11.5 Å². The number of phenols is 2. The maximum atomic E-state index is 12.3. The van der Waals surface area contributed by atoms with Crippen LogP contribution in [0.5, 0.6) is 34.5 Å². The Bertz CT molecular complexity index is 1320. The molecule has 0 bridgehead atoms. The third kappa shape index (κ3) is 3.82. The van der Waals surface area contributed by atoms with Gasteiger partial charge in [0.05, 0.1) is 33.9 Å². The zero-order valence-corrected chi connectivity index (χ0v) is 20.6. The van der Waals surface area contributed by atoms with E-state index in [0.29, 0.717) is 24.3 Å². The van der Waals surface area contributed by atoms with Crippen molar-refractivity contribution in [3.8, 4) is 45.6 Å². The van der Waals surface area contributed by atoms with E-state index in [1.165, 1.54) is 21.1 Å². The van der Waals surface area contributed by atoms with Gasteiger partial charge in [0.2, 0.25) is 5.75 Å². The second kappa shape index (κ2) is 9.18. The van der Waals surface area contributed by atoms with Crippen molar-refractivity contribution in [2.45, 2.75) is 31.8 Å². The quantitative estimate of drug-likeness (QED) is 0.496. The summed E-state index contributed by atoms with van der Waals surface area (Å²) >= 11 is 0. The van der Waals surface area contributed by atoms with Crippen LogP contribution in [0.1, 0.15) is 41.2 Å². The number of carbonyl (C=O) groups is 1. The molecular weight excluding hydrogens is 464 g/mol. The molecular formula is C28H28O8. The van der Waals surface area contributed by atoms with Crippen LogP contribution in [0.2, 0.25) is 0 Å². The van der Waals surface area contributed by atoms with Gasteiger partial charge in [-0.3, -0.25) is 4.79 Å². The molecule has 188 valence electrons. The molecule has 0 amide bonds. The lowest BCUT2D eigenvalue weighted by atomic mass is 9.77. The number of hydrogen-bond acceptors (Lipinski definition) is 8. The Morgan fingerprint density at radius 2 is 1.64 bits per heavy atom. The van der Waals surface area contributed by atoms with Crippen LogP contribution in [0, 0.1) is 0 Å². The van der Waals surface area contributed by atoms with Gasteiger partial charge in [-0.15, -0.1) is 0 Å². The Labute approximate surface area is 209 Å². The summed E-state index contributed by atoms with van der Waals surface area (Å²) in [7, 11) is 4.54. The lowest BCUT2D eigenvalue weighted by Gasteiger charge is -2.37. The van der Waals surface area contributed by atoms with Crippen LogP contribution in [0.25, 0.3) is 11.1 Å². The summed E-state index contributed by atoms with van der Waals surface area (Å²) in [5.74, 6) is 1.07. The van der Waals surface area contributed by atoms with Crippen LogP contribution >= 0.6 is 0 Å². The molecule has 5 rings (SSSR count).